The van der Waals surface area contributed by atoms with Crippen LogP contribution in [0.4, 0.5) is 17.6 Å². The highest BCUT2D eigenvalue weighted by molar-refractivity contribution is 5.83. The molecule has 58 heavy (non-hydrogen) atoms. The normalized spacial score (nSPS) is 12.4. The number of aliphatic carboxylic acids is 2. The van der Waals surface area contributed by atoms with Gasteiger partial charge in [0.2, 0.25) is 5.91 Å². The number of carboxylic acids is 2. The SMILES string of the molecule is CCN(CC)CCN(Cc1ccc(-c2ccc(C(F)(F)F)cc2)cc1)C(=O)Cn1c(CCc2ccccc2F)nc(=O)c2ccccc21.O=C(O)C(O)C(O)C(=O)O. The first-order valence-corrected chi connectivity index (χ1v) is 18.3. The van der Waals surface area contributed by atoms with Gasteiger partial charge in [0.05, 0.1) is 16.5 Å². The van der Waals surface area contributed by atoms with Gasteiger partial charge in [0.1, 0.15) is 18.2 Å². The number of para-hydroxylation sites is 1. The van der Waals surface area contributed by atoms with Gasteiger partial charge in [0.25, 0.3) is 5.56 Å². The molecule has 0 bridgehead atoms. The zero-order valence-electron chi connectivity index (χ0n) is 31.8. The number of hydrogen-bond donors (Lipinski definition) is 4. The molecule has 16 heteroatoms. The Balaban J connectivity index is 0.000000657. The van der Waals surface area contributed by atoms with E-state index in [2.05, 4.69) is 23.7 Å². The number of aliphatic hydroxyl groups excluding tert-OH is 2. The monoisotopic (exact) mass is 808 g/mol. The number of carbonyl (C=O) groups excluding carboxylic acids is 1. The highest BCUT2D eigenvalue weighted by atomic mass is 19.4. The van der Waals surface area contributed by atoms with Crippen LogP contribution in [-0.4, -0.2) is 96.0 Å². The number of amides is 1. The zero-order valence-corrected chi connectivity index (χ0v) is 31.8. The first kappa shape index (κ1) is 44.7. The van der Waals surface area contributed by atoms with Gasteiger partial charge in [-0.05, 0) is 72.1 Å². The Morgan fingerprint density at radius 2 is 1.31 bits per heavy atom. The van der Waals surface area contributed by atoms with Crippen molar-refractivity contribution < 1.29 is 52.4 Å². The van der Waals surface area contributed by atoms with Crippen LogP contribution in [0.5, 0.6) is 0 Å². The highest BCUT2D eigenvalue weighted by Crippen LogP contribution is 2.31. The molecule has 0 aliphatic heterocycles. The summed E-state index contributed by atoms with van der Waals surface area (Å²) >= 11 is 0. The maximum atomic E-state index is 14.4. The van der Waals surface area contributed by atoms with Crippen molar-refractivity contribution in [1.29, 1.82) is 0 Å². The van der Waals surface area contributed by atoms with Crippen molar-refractivity contribution in [2.75, 3.05) is 26.2 Å². The van der Waals surface area contributed by atoms with E-state index in [1.807, 2.05) is 24.3 Å². The number of aromatic nitrogens is 2. The van der Waals surface area contributed by atoms with Crippen LogP contribution < -0.4 is 5.56 Å². The van der Waals surface area contributed by atoms with Gasteiger partial charge in [0.15, 0.2) is 12.2 Å². The summed E-state index contributed by atoms with van der Waals surface area (Å²) in [4.78, 5) is 55.0. The average Bonchev–Trinajstić information content (AvgIpc) is 3.21. The molecule has 12 nitrogen and oxygen atoms in total. The van der Waals surface area contributed by atoms with E-state index in [9.17, 15) is 36.7 Å². The number of benzene rings is 4. The summed E-state index contributed by atoms with van der Waals surface area (Å²) in [6.45, 7) is 7.14. The van der Waals surface area contributed by atoms with Gasteiger partial charge < -0.3 is 34.8 Å². The molecule has 0 radical (unpaired) electrons. The van der Waals surface area contributed by atoms with Gasteiger partial charge >= 0.3 is 18.1 Å². The fraction of sp³-hybridized carbons (Fsp3) is 0.310. The highest BCUT2D eigenvalue weighted by Gasteiger charge is 2.30. The van der Waals surface area contributed by atoms with E-state index in [0.29, 0.717) is 53.9 Å². The Bertz CT molecular complexity index is 2210. The van der Waals surface area contributed by atoms with Crippen molar-refractivity contribution in [2.45, 2.75) is 58.2 Å². The second-order valence-corrected chi connectivity index (χ2v) is 13.2. The second-order valence-electron chi connectivity index (χ2n) is 13.2. The summed E-state index contributed by atoms with van der Waals surface area (Å²) in [7, 11) is 0. The van der Waals surface area contributed by atoms with Crippen LogP contribution >= 0.6 is 0 Å². The molecule has 2 unspecified atom stereocenters. The van der Waals surface area contributed by atoms with E-state index in [4.69, 9.17) is 20.4 Å². The number of carboxylic acid groups (broad SMARTS) is 2. The third-order valence-corrected chi connectivity index (χ3v) is 9.45. The summed E-state index contributed by atoms with van der Waals surface area (Å²) in [5.41, 5.74) is 2.26. The molecule has 0 fully saturated rings. The summed E-state index contributed by atoms with van der Waals surface area (Å²) in [6, 6.07) is 26.0. The smallest absolute Gasteiger partial charge is 0.416 e. The molecule has 308 valence electrons. The summed E-state index contributed by atoms with van der Waals surface area (Å²) in [5, 5.41) is 32.9. The predicted molar refractivity (Wildman–Crippen MR) is 207 cm³/mol. The molecule has 0 saturated heterocycles. The van der Waals surface area contributed by atoms with Gasteiger partial charge in [-0.2, -0.15) is 18.2 Å². The number of alkyl halides is 3. The van der Waals surface area contributed by atoms with Crippen molar-refractivity contribution in [3.8, 4) is 11.1 Å². The Morgan fingerprint density at radius 1 is 0.759 bits per heavy atom. The molecule has 4 aromatic carbocycles. The molecule has 0 spiro atoms. The minimum atomic E-state index is -4.40. The Labute approximate surface area is 331 Å². The number of aryl methyl sites for hydroxylation is 2. The minimum absolute atomic E-state index is 0.0672. The lowest BCUT2D eigenvalue weighted by Gasteiger charge is -2.28. The van der Waals surface area contributed by atoms with Crippen molar-refractivity contribution in [1.82, 2.24) is 19.4 Å². The molecular formula is C42H44F4N4O8. The van der Waals surface area contributed by atoms with Crippen LogP contribution in [0, 0.1) is 5.82 Å². The standard InChI is InChI=1S/C38H38F4N4O2.C4H6O6/c1-3-44(4-2)23-24-45(25-27-13-15-28(16-14-27)29-17-20-31(21-18-29)38(40,41)42)36(47)26-46-34-12-8-6-10-32(34)37(48)43-35(46)22-19-30-9-5-7-11-33(30)39;5-1(3(7)8)2(6)4(9)10/h5-18,20-21H,3-4,19,22-26H2,1-2H3;1-2,5-6H,(H,7,8)(H,9,10). The quantitative estimate of drug-likeness (QED) is 0.0965. The first-order valence-electron chi connectivity index (χ1n) is 18.3. The number of rotatable bonds is 16. The van der Waals surface area contributed by atoms with Crippen LogP contribution in [0.25, 0.3) is 22.0 Å². The molecular weight excluding hydrogens is 764 g/mol. The number of carbonyl (C=O) groups is 3. The van der Waals surface area contributed by atoms with Crippen LogP contribution in [0.2, 0.25) is 0 Å². The fourth-order valence-electron chi connectivity index (χ4n) is 6.06. The Kier molecular flexibility index (Phi) is 15.8. The third kappa shape index (κ3) is 12.0. The maximum Gasteiger partial charge on any atom is 0.416 e. The molecule has 2 atom stereocenters. The van der Waals surface area contributed by atoms with Crippen molar-refractivity contribution in [3.63, 3.8) is 0 Å². The number of nitrogens with zero attached hydrogens (tertiary/aromatic N) is 4. The summed E-state index contributed by atoms with van der Waals surface area (Å²) < 4.78 is 55.3. The number of aliphatic hydroxyl groups is 2. The lowest BCUT2D eigenvalue weighted by Crippen LogP contribution is -2.40. The Hall–Kier alpha value is -5.97. The summed E-state index contributed by atoms with van der Waals surface area (Å²) in [6.07, 6.45) is -8.36. The molecule has 0 saturated carbocycles. The fourth-order valence-corrected chi connectivity index (χ4v) is 6.06. The zero-order chi connectivity index (χ0) is 42.6. The van der Waals surface area contributed by atoms with E-state index in [0.717, 1.165) is 36.3 Å². The van der Waals surface area contributed by atoms with E-state index in [1.165, 1.54) is 18.2 Å². The van der Waals surface area contributed by atoms with E-state index < -0.39 is 41.4 Å². The molecule has 1 amide bonds. The van der Waals surface area contributed by atoms with Crippen LogP contribution in [0.15, 0.2) is 102 Å². The average molecular weight is 809 g/mol. The Morgan fingerprint density at radius 3 is 1.86 bits per heavy atom. The number of likely N-dealkylation sites (N-methyl/N-ethyl adjacent to an activating group) is 1. The van der Waals surface area contributed by atoms with Crippen LogP contribution in [0.3, 0.4) is 0 Å². The van der Waals surface area contributed by atoms with Crippen molar-refractivity contribution >= 4 is 28.7 Å². The molecule has 5 aromatic rings. The van der Waals surface area contributed by atoms with Gasteiger partial charge in [0, 0.05) is 26.1 Å². The van der Waals surface area contributed by atoms with Crippen LogP contribution in [0.1, 0.15) is 36.4 Å². The van der Waals surface area contributed by atoms with Gasteiger partial charge in [-0.15, -0.1) is 0 Å². The lowest BCUT2D eigenvalue weighted by atomic mass is 10.0. The third-order valence-electron chi connectivity index (χ3n) is 9.45. The van der Waals surface area contributed by atoms with E-state index >= 15 is 0 Å². The number of halogens is 4. The topological polar surface area (TPSA) is 174 Å². The predicted octanol–water partition coefficient (Wildman–Crippen LogP) is 5.25. The first-order chi connectivity index (χ1) is 27.5. The summed E-state index contributed by atoms with van der Waals surface area (Å²) in [5.74, 6) is -3.64. The van der Waals surface area contributed by atoms with Gasteiger partial charge in [-0.1, -0.05) is 80.6 Å². The van der Waals surface area contributed by atoms with Gasteiger partial charge in [-0.3, -0.25) is 9.59 Å². The number of fused-ring (bicyclic) bond motifs is 1. The molecule has 4 N–H and O–H groups in total. The molecule has 1 aromatic heterocycles. The number of hydrogen-bond acceptors (Lipinski definition) is 8. The molecule has 5 rings (SSSR count). The maximum absolute atomic E-state index is 14.4. The van der Waals surface area contributed by atoms with E-state index in [1.54, 1.807) is 51.9 Å². The molecule has 0 aliphatic carbocycles. The lowest BCUT2D eigenvalue weighted by molar-refractivity contribution is -0.165. The van der Waals surface area contributed by atoms with Crippen molar-refractivity contribution in [2.24, 2.45) is 0 Å². The van der Waals surface area contributed by atoms with Gasteiger partial charge in [-0.25, -0.2) is 14.0 Å². The molecule has 1 heterocycles. The molecule has 0 aliphatic rings. The second kappa shape index (κ2) is 20.5. The van der Waals surface area contributed by atoms with E-state index in [-0.39, 0.29) is 24.7 Å². The minimum Gasteiger partial charge on any atom is -0.479 e. The van der Waals surface area contributed by atoms with Crippen LogP contribution in [-0.2, 0) is 46.5 Å². The largest absolute Gasteiger partial charge is 0.479 e. The van der Waals surface area contributed by atoms with Crippen molar-refractivity contribution in [3.05, 3.63) is 136 Å².